The normalized spacial score (nSPS) is 11.0. The van der Waals surface area contributed by atoms with Crippen LogP contribution < -0.4 is 14.8 Å². The summed E-state index contributed by atoms with van der Waals surface area (Å²) in [6.45, 7) is 1.89. The number of hydrogen-bond acceptors (Lipinski definition) is 4. The van der Waals surface area contributed by atoms with E-state index in [2.05, 4.69) is 15.9 Å². The molecule has 0 atom stereocenters. The Morgan fingerprint density at radius 1 is 1.12 bits per heavy atom. The molecular weight excluding hydrogens is 410 g/mol. The largest absolute Gasteiger partial charge is 0.273 e. The third-order valence-corrected chi connectivity index (χ3v) is 5.41. The number of para-hydroxylation sites is 1. The molecule has 1 heterocycles. The van der Waals surface area contributed by atoms with Gasteiger partial charge in [-0.15, -0.1) is 11.3 Å². The molecule has 0 fully saturated rings. The molecule has 6 heteroatoms. The van der Waals surface area contributed by atoms with Crippen molar-refractivity contribution in [3.8, 4) is 17.8 Å². The Bertz CT molecular complexity index is 1220. The smallest absolute Gasteiger partial charge is 0.267 e. The van der Waals surface area contributed by atoms with Gasteiger partial charge in [0, 0.05) is 4.47 Å². The van der Waals surface area contributed by atoms with E-state index in [1.165, 1.54) is 4.57 Å². The van der Waals surface area contributed by atoms with Gasteiger partial charge in [0.25, 0.3) is 5.56 Å². The summed E-state index contributed by atoms with van der Waals surface area (Å²) in [5.74, 6) is 0. The molecule has 0 aliphatic rings. The van der Waals surface area contributed by atoms with Gasteiger partial charge >= 0.3 is 0 Å². The summed E-state index contributed by atoms with van der Waals surface area (Å²) in [5.41, 5.74) is 2.10. The summed E-state index contributed by atoms with van der Waals surface area (Å²) in [6, 6.07) is 18.8. The molecule has 0 aliphatic heterocycles. The van der Waals surface area contributed by atoms with Crippen molar-refractivity contribution < 1.29 is 0 Å². The summed E-state index contributed by atoms with van der Waals surface area (Å²) in [5, 5.41) is 18.6. The molecule has 126 valence electrons. The van der Waals surface area contributed by atoms with Crippen molar-refractivity contribution in [1.29, 1.82) is 10.5 Å². The summed E-state index contributed by atoms with van der Waals surface area (Å²) in [6.07, 6.45) is 1.77. The molecule has 0 spiro atoms. The van der Waals surface area contributed by atoms with Crippen molar-refractivity contribution >= 4 is 38.9 Å². The van der Waals surface area contributed by atoms with Crippen LogP contribution in [0.15, 0.2) is 57.8 Å². The molecule has 0 bridgehead atoms. The summed E-state index contributed by atoms with van der Waals surface area (Å²) >= 11 is 4.53. The molecule has 1 aromatic heterocycles. The molecule has 0 saturated heterocycles. The Hall–Kier alpha value is -2.93. The molecule has 0 saturated carbocycles. The Morgan fingerprint density at radius 2 is 1.77 bits per heavy atom. The molecule has 26 heavy (non-hydrogen) atoms. The van der Waals surface area contributed by atoms with Gasteiger partial charge in [-0.3, -0.25) is 9.36 Å². The molecule has 0 radical (unpaired) electrons. The fourth-order valence-corrected chi connectivity index (χ4v) is 3.83. The highest BCUT2D eigenvalue weighted by Gasteiger charge is 2.12. The molecule has 0 aliphatic carbocycles. The minimum Gasteiger partial charge on any atom is -0.267 e. The lowest BCUT2D eigenvalue weighted by molar-refractivity contribution is 0.975. The third-order valence-electron chi connectivity index (χ3n) is 3.79. The average molecular weight is 422 g/mol. The zero-order valence-corrected chi connectivity index (χ0v) is 16.1. The van der Waals surface area contributed by atoms with Gasteiger partial charge in [0.05, 0.1) is 10.2 Å². The van der Waals surface area contributed by atoms with E-state index < -0.39 is 0 Å². The zero-order chi connectivity index (χ0) is 18.7. The monoisotopic (exact) mass is 421 g/mol. The van der Waals surface area contributed by atoms with Gasteiger partial charge in [-0.05, 0) is 42.3 Å². The van der Waals surface area contributed by atoms with E-state index in [1.54, 1.807) is 6.08 Å². The van der Waals surface area contributed by atoms with Crippen LogP contribution in [-0.4, -0.2) is 4.57 Å². The van der Waals surface area contributed by atoms with E-state index in [1.807, 2.05) is 67.6 Å². The highest BCUT2D eigenvalue weighted by Crippen LogP contribution is 2.12. The van der Waals surface area contributed by atoms with Gasteiger partial charge in [-0.1, -0.05) is 46.3 Å². The van der Waals surface area contributed by atoms with Crippen LogP contribution in [0, 0.1) is 29.6 Å². The number of nitrogens with zero attached hydrogens (tertiary/aromatic N) is 3. The van der Waals surface area contributed by atoms with Gasteiger partial charge in [-0.25, -0.2) is 0 Å². The number of aryl methyl sites for hydroxylation is 1. The number of halogens is 1. The second-order valence-electron chi connectivity index (χ2n) is 5.49. The maximum atomic E-state index is 13.1. The first-order chi connectivity index (χ1) is 12.5. The van der Waals surface area contributed by atoms with Crippen LogP contribution in [0.3, 0.4) is 0 Å². The minimum atomic E-state index is -0.245. The first-order valence-electron chi connectivity index (χ1n) is 7.65. The molecular formula is C20H12BrN3OS. The van der Waals surface area contributed by atoms with Crippen LogP contribution >= 0.6 is 27.3 Å². The quantitative estimate of drug-likeness (QED) is 0.638. The predicted molar refractivity (Wildman–Crippen MR) is 106 cm³/mol. The van der Waals surface area contributed by atoms with Crippen molar-refractivity contribution in [3.63, 3.8) is 0 Å². The Morgan fingerprint density at radius 3 is 2.38 bits per heavy atom. The molecule has 3 aromatic rings. The zero-order valence-electron chi connectivity index (χ0n) is 13.7. The molecule has 2 aromatic carbocycles. The Labute approximate surface area is 162 Å². The van der Waals surface area contributed by atoms with E-state index in [4.69, 9.17) is 0 Å². The number of thiazole rings is 1. The maximum absolute atomic E-state index is 13.1. The first kappa shape index (κ1) is 17.9. The average Bonchev–Trinajstić information content (AvgIpc) is 2.95. The second-order valence-corrected chi connectivity index (χ2v) is 7.44. The van der Waals surface area contributed by atoms with Crippen LogP contribution in [0.4, 0.5) is 0 Å². The van der Waals surface area contributed by atoms with Crippen molar-refractivity contribution in [2.75, 3.05) is 0 Å². The number of nitriles is 2. The van der Waals surface area contributed by atoms with Gasteiger partial charge in [0.1, 0.15) is 16.8 Å². The molecule has 0 amide bonds. The van der Waals surface area contributed by atoms with Crippen molar-refractivity contribution in [2.45, 2.75) is 6.92 Å². The highest BCUT2D eigenvalue weighted by atomic mass is 79.9. The fraction of sp³-hybridized carbons (Fsp3) is 0.0500. The maximum Gasteiger partial charge on any atom is 0.273 e. The lowest BCUT2D eigenvalue weighted by Crippen LogP contribution is -2.31. The molecule has 0 unspecified atom stereocenters. The molecule has 4 nitrogen and oxygen atoms in total. The Balaban J connectivity index is 2.41. The van der Waals surface area contributed by atoms with Crippen LogP contribution in [0.5, 0.6) is 0 Å². The highest BCUT2D eigenvalue weighted by molar-refractivity contribution is 9.10. The van der Waals surface area contributed by atoms with Crippen molar-refractivity contribution in [1.82, 2.24) is 4.57 Å². The summed E-state index contributed by atoms with van der Waals surface area (Å²) in [4.78, 5) is 13.1. The lowest BCUT2D eigenvalue weighted by atomic mass is 10.2. The van der Waals surface area contributed by atoms with Crippen LogP contribution in [0.2, 0.25) is 0 Å². The van der Waals surface area contributed by atoms with E-state index in [9.17, 15) is 15.3 Å². The van der Waals surface area contributed by atoms with Crippen LogP contribution in [0.25, 0.3) is 17.3 Å². The van der Waals surface area contributed by atoms with Crippen molar-refractivity contribution in [3.05, 3.63) is 83.7 Å². The van der Waals surface area contributed by atoms with Gasteiger partial charge in [-0.2, -0.15) is 10.5 Å². The standard InChI is InChI=1S/C20H12BrN3OS/c1-13-4-2-3-5-17(13)24-19(25)18(26-20(24)15(11-22)12-23)10-14-6-8-16(21)9-7-14/h2-10H,1H3/b18-10+. The van der Waals surface area contributed by atoms with Gasteiger partial charge < -0.3 is 0 Å². The van der Waals surface area contributed by atoms with Crippen molar-refractivity contribution in [2.24, 2.45) is 0 Å². The van der Waals surface area contributed by atoms with Crippen LogP contribution in [-0.2, 0) is 0 Å². The van der Waals surface area contributed by atoms with E-state index >= 15 is 0 Å². The summed E-state index contributed by atoms with van der Waals surface area (Å²) in [7, 11) is 0. The molecule has 0 N–H and O–H groups in total. The number of aromatic nitrogens is 1. The second kappa shape index (κ2) is 7.53. The van der Waals surface area contributed by atoms with E-state index in [0.717, 1.165) is 26.9 Å². The van der Waals surface area contributed by atoms with Crippen LogP contribution in [0.1, 0.15) is 11.1 Å². The predicted octanol–water partition coefficient (Wildman–Crippen LogP) is 3.00. The number of hydrogen-bond donors (Lipinski definition) is 0. The minimum absolute atomic E-state index is 0.0780. The Kier molecular flexibility index (Phi) is 5.18. The topological polar surface area (TPSA) is 69.6 Å². The first-order valence-corrected chi connectivity index (χ1v) is 9.25. The third kappa shape index (κ3) is 3.39. The molecule has 3 rings (SSSR count). The SMILES string of the molecule is Cc1ccccc1-n1c(=C(C#N)C#N)s/c(=C/c2ccc(Br)cc2)c1=O. The van der Waals surface area contributed by atoms with E-state index in [0.29, 0.717) is 14.9 Å². The van der Waals surface area contributed by atoms with Gasteiger partial charge in [0.15, 0.2) is 5.57 Å². The lowest BCUT2D eigenvalue weighted by Gasteiger charge is -2.05. The van der Waals surface area contributed by atoms with Gasteiger partial charge in [0.2, 0.25) is 0 Å². The summed E-state index contributed by atoms with van der Waals surface area (Å²) < 4.78 is 3.21. The fourth-order valence-electron chi connectivity index (χ4n) is 2.51. The number of benzene rings is 2. The van der Waals surface area contributed by atoms with E-state index in [-0.39, 0.29) is 11.1 Å². The number of rotatable bonds is 2.